The molecule has 1 saturated carbocycles. The van der Waals surface area contributed by atoms with E-state index in [4.69, 9.17) is 0 Å². The van der Waals surface area contributed by atoms with E-state index in [1.165, 1.54) is 38.8 Å². The van der Waals surface area contributed by atoms with Crippen LogP contribution < -0.4 is 0 Å². The van der Waals surface area contributed by atoms with Crippen molar-refractivity contribution < 1.29 is 0 Å². The molecule has 12 heavy (non-hydrogen) atoms. The Balaban J connectivity index is 0.000000561. The first kappa shape index (κ1) is 12.0. The van der Waals surface area contributed by atoms with Crippen molar-refractivity contribution in [1.82, 2.24) is 4.90 Å². The molecule has 1 aliphatic carbocycles. The molecule has 1 nitrogen and oxygen atoms in total. The van der Waals surface area contributed by atoms with Crippen LogP contribution in [-0.4, -0.2) is 24.0 Å². The van der Waals surface area contributed by atoms with Crippen LogP contribution in [0.25, 0.3) is 0 Å². The van der Waals surface area contributed by atoms with Gasteiger partial charge in [0.2, 0.25) is 0 Å². The fraction of sp³-hybridized carbons (Fsp3) is 1.00. The van der Waals surface area contributed by atoms with Crippen LogP contribution in [0.4, 0.5) is 0 Å². The molecule has 74 valence electrons. The minimum Gasteiger partial charge on any atom is -0.301 e. The summed E-state index contributed by atoms with van der Waals surface area (Å²) in [4.78, 5) is 2.61. The van der Waals surface area contributed by atoms with Crippen LogP contribution in [0.2, 0.25) is 0 Å². The summed E-state index contributed by atoms with van der Waals surface area (Å²) in [5, 5.41) is 0. The third-order valence-corrected chi connectivity index (χ3v) is 2.51. The molecule has 1 fully saturated rings. The molecule has 0 aromatic heterocycles. The van der Waals surface area contributed by atoms with Crippen molar-refractivity contribution in [3.05, 3.63) is 0 Å². The van der Waals surface area contributed by atoms with Gasteiger partial charge in [-0.3, -0.25) is 0 Å². The lowest BCUT2D eigenvalue weighted by atomic mass is 9.91. The van der Waals surface area contributed by atoms with E-state index in [0.29, 0.717) is 0 Å². The molecule has 0 aromatic carbocycles. The van der Waals surface area contributed by atoms with E-state index in [-0.39, 0.29) is 0 Å². The summed E-state index contributed by atoms with van der Waals surface area (Å²) in [5.41, 5.74) is 0. The zero-order chi connectivity index (χ0) is 9.40. The molecular formula is C11H25N. The normalized spacial score (nSPS) is 16.8. The summed E-state index contributed by atoms with van der Waals surface area (Å²) in [6, 6.07) is 0.949. The Kier molecular flexibility index (Phi) is 7.58. The second-order valence-electron chi connectivity index (χ2n) is 3.21. The number of rotatable bonds is 4. The highest BCUT2D eigenvalue weighted by Crippen LogP contribution is 2.24. The smallest absolute Gasteiger partial charge is 0.00951 e. The van der Waals surface area contributed by atoms with E-state index in [2.05, 4.69) is 18.7 Å². The maximum atomic E-state index is 2.61. The Labute approximate surface area is 78.1 Å². The quantitative estimate of drug-likeness (QED) is 0.627. The number of hydrogen-bond donors (Lipinski definition) is 0. The van der Waals surface area contributed by atoms with Crippen LogP contribution in [-0.2, 0) is 0 Å². The third-order valence-electron chi connectivity index (χ3n) is 2.51. The van der Waals surface area contributed by atoms with Crippen molar-refractivity contribution in [2.45, 2.75) is 59.4 Å². The highest BCUT2D eigenvalue weighted by atomic mass is 15.2. The lowest BCUT2D eigenvalue weighted by Crippen LogP contribution is -2.40. The second-order valence-corrected chi connectivity index (χ2v) is 3.21. The Morgan fingerprint density at radius 1 is 1.17 bits per heavy atom. The molecule has 0 spiro atoms. The van der Waals surface area contributed by atoms with E-state index < -0.39 is 0 Å². The highest BCUT2D eigenvalue weighted by molar-refractivity contribution is 4.78. The molecule has 1 rings (SSSR count). The monoisotopic (exact) mass is 171 g/mol. The summed E-state index contributed by atoms with van der Waals surface area (Å²) in [5.74, 6) is 0. The number of nitrogens with zero attached hydrogens (tertiary/aromatic N) is 1. The van der Waals surface area contributed by atoms with Crippen LogP contribution >= 0.6 is 0 Å². The fourth-order valence-corrected chi connectivity index (χ4v) is 1.64. The van der Waals surface area contributed by atoms with Gasteiger partial charge in [-0.25, -0.2) is 0 Å². The van der Waals surface area contributed by atoms with Gasteiger partial charge >= 0.3 is 0 Å². The topological polar surface area (TPSA) is 3.24 Å². The predicted molar refractivity (Wildman–Crippen MR) is 56.5 cm³/mol. The molecule has 0 amide bonds. The van der Waals surface area contributed by atoms with Gasteiger partial charge in [0.15, 0.2) is 0 Å². The van der Waals surface area contributed by atoms with Crippen LogP contribution in [0.1, 0.15) is 53.4 Å². The Hall–Kier alpha value is -0.0400. The maximum absolute atomic E-state index is 2.61. The molecule has 0 bridgehead atoms. The summed E-state index contributed by atoms with van der Waals surface area (Å²) in [6.07, 6.45) is 5.68. The summed E-state index contributed by atoms with van der Waals surface area (Å²) in [7, 11) is 0. The van der Waals surface area contributed by atoms with Crippen LogP contribution in [0.3, 0.4) is 0 Å². The fourth-order valence-electron chi connectivity index (χ4n) is 1.64. The van der Waals surface area contributed by atoms with Crippen LogP contribution in [0, 0.1) is 0 Å². The minimum atomic E-state index is 0.949. The molecule has 0 saturated heterocycles. The van der Waals surface area contributed by atoms with Crippen molar-refractivity contribution in [3.63, 3.8) is 0 Å². The van der Waals surface area contributed by atoms with Crippen molar-refractivity contribution >= 4 is 0 Å². The highest BCUT2D eigenvalue weighted by Gasteiger charge is 2.22. The van der Waals surface area contributed by atoms with Gasteiger partial charge in [0.25, 0.3) is 0 Å². The first-order valence-corrected chi connectivity index (χ1v) is 5.62. The number of hydrogen-bond acceptors (Lipinski definition) is 1. The first-order valence-electron chi connectivity index (χ1n) is 5.62. The second kappa shape index (κ2) is 7.60. The lowest BCUT2D eigenvalue weighted by Gasteiger charge is -2.36. The van der Waals surface area contributed by atoms with Crippen molar-refractivity contribution in [2.24, 2.45) is 0 Å². The van der Waals surface area contributed by atoms with E-state index in [1.807, 2.05) is 13.8 Å². The van der Waals surface area contributed by atoms with Gasteiger partial charge in [0.1, 0.15) is 0 Å². The predicted octanol–water partition coefficient (Wildman–Crippen LogP) is 3.30. The average molecular weight is 171 g/mol. The summed E-state index contributed by atoms with van der Waals surface area (Å²) >= 11 is 0. The Morgan fingerprint density at radius 3 is 2.00 bits per heavy atom. The van der Waals surface area contributed by atoms with E-state index in [9.17, 15) is 0 Å². The van der Waals surface area contributed by atoms with Crippen LogP contribution in [0.5, 0.6) is 0 Å². The van der Waals surface area contributed by atoms with Gasteiger partial charge in [0.05, 0.1) is 0 Å². The van der Waals surface area contributed by atoms with Gasteiger partial charge in [-0.2, -0.15) is 0 Å². The Morgan fingerprint density at radius 2 is 1.75 bits per heavy atom. The van der Waals surface area contributed by atoms with Crippen LogP contribution in [0.15, 0.2) is 0 Å². The van der Waals surface area contributed by atoms with E-state index in [0.717, 1.165) is 6.04 Å². The molecular weight excluding hydrogens is 146 g/mol. The molecule has 0 radical (unpaired) electrons. The summed E-state index contributed by atoms with van der Waals surface area (Å²) in [6.45, 7) is 11.1. The average Bonchev–Trinajstić information content (AvgIpc) is 2.04. The molecule has 0 aromatic rings. The van der Waals surface area contributed by atoms with Gasteiger partial charge < -0.3 is 4.90 Å². The Bertz CT molecular complexity index is 87.0. The molecule has 1 aliphatic rings. The molecule has 0 N–H and O–H groups in total. The maximum Gasteiger partial charge on any atom is 0.00951 e. The SMILES string of the molecule is CC.CCCN(CC)C1CCC1. The van der Waals surface area contributed by atoms with Gasteiger partial charge in [-0.1, -0.05) is 34.1 Å². The zero-order valence-electron chi connectivity index (χ0n) is 9.27. The largest absolute Gasteiger partial charge is 0.301 e. The minimum absolute atomic E-state index is 0.949. The molecule has 0 heterocycles. The molecule has 0 aliphatic heterocycles. The van der Waals surface area contributed by atoms with E-state index >= 15 is 0 Å². The zero-order valence-corrected chi connectivity index (χ0v) is 9.27. The van der Waals surface area contributed by atoms with Crippen molar-refractivity contribution in [1.29, 1.82) is 0 Å². The van der Waals surface area contributed by atoms with Crippen molar-refractivity contribution in [3.8, 4) is 0 Å². The van der Waals surface area contributed by atoms with Gasteiger partial charge in [0, 0.05) is 6.04 Å². The summed E-state index contributed by atoms with van der Waals surface area (Å²) < 4.78 is 0. The molecule has 0 atom stereocenters. The molecule has 0 unspecified atom stereocenters. The molecule has 1 heteroatoms. The first-order chi connectivity index (χ1) is 5.88. The van der Waals surface area contributed by atoms with Gasteiger partial charge in [-0.15, -0.1) is 0 Å². The third kappa shape index (κ3) is 3.57. The van der Waals surface area contributed by atoms with E-state index in [1.54, 1.807) is 0 Å². The standard InChI is InChI=1S/C9H19N.C2H6/c1-3-8-10(4-2)9-6-5-7-9;1-2/h9H,3-8H2,1-2H3;1-2H3. The lowest BCUT2D eigenvalue weighted by molar-refractivity contribution is 0.134. The van der Waals surface area contributed by atoms with Crippen molar-refractivity contribution in [2.75, 3.05) is 13.1 Å². The van der Waals surface area contributed by atoms with Gasteiger partial charge in [-0.05, 0) is 32.4 Å².